The largest absolute Gasteiger partial charge is 0.478 e. The molecule has 106 valence electrons. The maximum Gasteiger partial charge on any atom is 0.345 e. The van der Waals surface area contributed by atoms with Crippen molar-refractivity contribution >= 4 is 17.6 Å². The number of carbonyl (C=O) groups excluding carboxylic acids is 1. The molecular weight excluding hydrogens is 280 g/mol. The van der Waals surface area contributed by atoms with Crippen LogP contribution in [0.1, 0.15) is 20.7 Å². The third-order valence-corrected chi connectivity index (χ3v) is 2.46. The average Bonchev–Trinajstić information content (AvgIpc) is 2.47. The normalized spacial score (nSPS) is 9.90. The van der Waals surface area contributed by atoms with Gasteiger partial charge in [-0.05, 0) is 12.1 Å². The summed E-state index contributed by atoms with van der Waals surface area (Å²) < 4.78 is 4.95. The number of non-ortho nitro benzene ring substituents is 1. The number of hydrogen-bond donors (Lipinski definition) is 1. The van der Waals surface area contributed by atoms with Crippen molar-refractivity contribution < 1.29 is 24.4 Å². The summed E-state index contributed by atoms with van der Waals surface area (Å²) >= 11 is 0. The summed E-state index contributed by atoms with van der Waals surface area (Å²) in [4.78, 5) is 36.3. The third-order valence-electron chi connectivity index (χ3n) is 2.46. The second-order valence-corrected chi connectivity index (χ2v) is 3.91. The van der Waals surface area contributed by atoms with E-state index >= 15 is 0 Å². The van der Waals surface area contributed by atoms with Gasteiger partial charge in [-0.25, -0.2) is 9.59 Å². The molecule has 8 nitrogen and oxygen atoms in total. The monoisotopic (exact) mass is 288 g/mol. The minimum absolute atomic E-state index is 0.0186. The van der Waals surface area contributed by atoms with Crippen LogP contribution in [-0.4, -0.2) is 27.0 Å². The van der Waals surface area contributed by atoms with Gasteiger partial charge in [-0.2, -0.15) is 0 Å². The molecule has 21 heavy (non-hydrogen) atoms. The number of hydrogen-bond acceptors (Lipinski definition) is 6. The minimum atomic E-state index is -1.23. The van der Waals surface area contributed by atoms with Gasteiger partial charge in [0.25, 0.3) is 5.69 Å². The fourth-order valence-corrected chi connectivity index (χ4v) is 1.50. The summed E-state index contributed by atoms with van der Waals surface area (Å²) in [6, 6.07) is 6.19. The fraction of sp³-hybridized carbons (Fsp3) is 0. The van der Waals surface area contributed by atoms with E-state index in [-0.39, 0.29) is 22.6 Å². The Morgan fingerprint density at radius 2 is 1.90 bits per heavy atom. The quantitative estimate of drug-likeness (QED) is 0.395. The van der Waals surface area contributed by atoms with Crippen molar-refractivity contribution in [1.82, 2.24) is 4.98 Å². The van der Waals surface area contributed by atoms with Crippen molar-refractivity contribution in [3.8, 4) is 5.75 Å². The number of aromatic carboxylic acids is 1. The van der Waals surface area contributed by atoms with Gasteiger partial charge in [-0.15, -0.1) is 0 Å². The molecule has 1 heterocycles. The van der Waals surface area contributed by atoms with Gasteiger partial charge in [-0.3, -0.25) is 15.1 Å². The average molecular weight is 288 g/mol. The highest BCUT2D eigenvalue weighted by atomic mass is 16.6. The molecular formula is C13H8N2O6. The smallest absolute Gasteiger partial charge is 0.345 e. The van der Waals surface area contributed by atoms with Crippen molar-refractivity contribution in [2.75, 3.05) is 0 Å². The number of carboxylic acids is 1. The first-order valence-corrected chi connectivity index (χ1v) is 5.62. The van der Waals surface area contributed by atoms with Crippen molar-refractivity contribution in [3.63, 3.8) is 0 Å². The van der Waals surface area contributed by atoms with Gasteiger partial charge in [0.2, 0.25) is 0 Å². The van der Waals surface area contributed by atoms with Crippen molar-refractivity contribution in [3.05, 3.63) is 64.0 Å². The highest BCUT2D eigenvalue weighted by Gasteiger charge is 2.14. The van der Waals surface area contributed by atoms with E-state index in [4.69, 9.17) is 9.84 Å². The summed E-state index contributed by atoms with van der Waals surface area (Å²) in [7, 11) is 0. The van der Waals surface area contributed by atoms with Crippen LogP contribution in [0.5, 0.6) is 5.75 Å². The van der Waals surface area contributed by atoms with Gasteiger partial charge in [0, 0.05) is 18.5 Å². The predicted octanol–water partition coefficient (Wildman–Crippen LogP) is 1.91. The standard InChI is InChI=1S/C13H8N2O6/c16-12(17)8-4-9(7-14-6-8)13(18)21-11-3-1-2-10(5-11)15(19)20/h1-7H,(H,16,17). The summed E-state index contributed by atoms with van der Waals surface area (Å²) in [6.45, 7) is 0. The topological polar surface area (TPSA) is 120 Å². The lowest BCUT2D eigenvalue weighted by Gasteiger charge is -2.04. The number of rotatable bonds is 4. The van der Waals surface area contributed by atoms with E-state index in [0.29, 0.717) is 0 Å². The molecule has 0 saturated carbocycles. The van der Waals surface area contributed by atoms with Gasteiger partial charge in [0.05, 0.1) is 22.1 Å². The van der Waals surface area contributed by atoms with E-state index in [2.05, 4.69) is 4.98 Å². The van der Waals surface area contributed by atoms with E-state index < -0.39 is 16.9 Å². The van der Waals surface area contributed by atoms with Crippen molar-refractivity contribution in [2.45, 2.75) is 0 Å². The SMILES string of the molecule is O=C(O)c1cncc(C(=O)Oc2cccc([N+](=O)[O-])c2)c1. The molecule has 1 N–H and O–H groups in total. The first kappa shape index (κ1) is 14.1. The zero-order chi connectivity index (χ0) is 15.4. The molecule has 0 saturated heterocycles. The Bertz CT molecular complexity index is 728. The Hall–Kier alpha value is -3.29. The van der Waals surface area contributed by atoms with Crippen LogP contribution in [0.25, 0.3) is 0 Å². The lowest BCUT2D eigenvalue weighted by molar-refractivity contribution is -0.384. The Morgan fingerprint density at radius 1 is 1.19 bits per heavy atom. The van der Waals surface area contributed by atoms with E-state index in [1.165, 1.54) is 18.2 Å². The summed E-state index contributed by atoms with van der Waals surface area (Å²) in [5.41, 5.74) is -0.456. The maximum atomic E-state index is 11.8. The summed E-state index contributed by atoms with van der Waals surface area (Å²) in [5, 5.41) is 19.4. The van der Waals surface area contributed by atoms with Crippen molar-refractivity contribution in [2.24, 2.45) is 0 Å². The van der Waals surface area contributed by atoms with E-state index in [9.17, 15) is 19.7 Å². The van der Waals surface area contributed by atoms with Crippen LogP contribution < -0.4 is 4.74 Å². The molecule has 0 bridgehead atoms. The number of benzene rings is 1. The van der Waals surface area contributed by atoms with Gasteiger partial charge < -0.3 is 9.84 Å². The number of pyridine rings is 1. The molecule has 0 radical (unpaired) electrons. The van der Waals surface area contributed by atoms with Gasteiger partial charge in [-0.1, -0.05) is 6.07 Å². The molecule has 2 rings (SSSR count). The molecule has 0 atom stereocenters. The second kappa shape index (κ2) is 5.78. The first-order chi connectivity index (χ1) is 9.97. The van der Waals surface area contributed by atoms with Gasteiger partial charge in [0.1, 0.15) is 5.75 Å². The molecule has 1 aromatic heterocycles. The van der Waals surface area contributed by atoms with Crippen molar-refractivity contribution in [1.29, 1.82) is 0 Å². The Morgan fingerprint density at radius 3 is 2.57 bits per heavy atom. The number of ether oxygens (including phenoxy) is 1. The van der Waals surface area contributed by atoms with Gasteiger partial charge in [0.15, 0.2) is 0 Å². The number of nitrogens with zero attached hydrogens (tertiary/aromatic N) is 2. The van der Waals surface area contributed by atoms with E-state index in [1.807, 2.05) is 0 Å². The Kier molecular flexibility index (Phi) is 3.89. The third kappa shape index (κ3) is 3.38. The van der Waals surface area contributed by atoms with E-state index in [1.54, 1.807) is 0 Å². The summed E-state index contributed by atoms with van der Waals surface area (Å²) in [5.74, 6) is -2.10. The zero-order valence-electron chi connectivity index (χ0n) is 10.4. The van der Waals surface area contributed by atoms with Crippen LogP contribution in [-0.2, 0) is 0 Å². The first-order valence-electron chi connectivity index (χ1n) is 5.62. The van der Waals surface area contributed by atoms with E-state index in [0.717, 1.165) is 24.5 Å². The summed E-state index contributed by atoms with van der Waals surface area (Å²) in [6.07, 6.45) is 2.23. The van der Waals surface area contributed by atoms with Crippen LogP contribution in [0.2, 0.25) is 0 Å². The number of nitro benzene ring substituents is 1. The van der Waals surface area contributed by atoms with Crippen LogP contribution in [0, 0.1) is 10.1 Å². The van der Waals surface area contributed by atoms with Crippen LogP contribution in [0.3, 0.4) is 0 Å². The Balaban J connectivity index is 2.22. The lowest BCUT2D eigenvalue weighted by Crippen LogP contribution is -2.10. The lowest BCUT2D eigenvalue weighted by atomic mass is 10.2. The Labute approximate surface area is 117 Å². The van der Waals surface area contributed by atoms with Crippen LogP contribution in [0.15, 0.2) is 42.7 Å². The molecule has 0 unspecified atom stereocenters. The number of carbonyl (C=O) groups is 2. The van der Waals surface area contributed by atoms with Crippen LogP contribution >= 0.6 is 0 Å². The zero-order valence-corrected chi connectivity index (χ0v) is 10.4. The fourth-order valence-electron chi connectivity index (χ4n) is 1.50. The highest BCUT2D eigenvalue weighted by molar-refractivity contribution is 5.94. The number of carboxylic acid groups (broad SMARTS) is 1. The number of esters is 1. The molecule has 0 spiro atoms. The second-order valence-electron chi connectivity index (χ2n) is 3.91. The number of aromatic nitrogens is 1. The predicted molar refractivity (Wildman–Crippen MR) is 69.3 cm³/mol. The molecule has 8 heteroatoms. The molecule has 1 aromatic carbocycles. The molecule has 2 aromatic rings. The molecule has 0 fully saturated rings. The molecule has 0 aliphatic heterocycles. The number of nitro groups is 1. The van der Waals surface area contributed by atoms with Crippen LogP contribution in [0.4, 0.5) is 5.69 Å². The minimum Gasteiger partial charge on any atom is -0.478 e. The molecule has 0 aliphatic rings. The maximum absolute atomic E-state index is 11.8. The molecule has 0 aliphatic carbocycles. The van der Waals surface area contributed by atoms with Gasteiger partial charge >= 0.3 is 11.9 Å². The highest BCUT2D eigenvalue weighted by Crippen LogP contribution is 2.20. The molecule has 0 amide bonds.